The number of ketones is 1. The summed E-state index contributed by atoms with van der Waals surface area (Å²) in [5, 5.41) is 2.55. The van der Waals surface area contributed by atoms with Crippen molar-refractivity contribution in [2.75, 3.05) is 0 Å². The number of halogens is 1. The van der Waals surface area contributed by atoms with Gasteiger partial charge in [0.25, 0.3) is 0 Å². The third kappa shape index (κ3) is 3.59. The number of aromatic nitrogens is 2. The fourth-order valence-corrected chi connectivity index (χ4v) is 3.03. The summed E-state index contributed by atoms with van der Waals surface area (Å²) in [6.45, 7) is 2.05. The van der Waals surface area contributed by atoms with Crippen molar-refractivity contribution in [1.29, 1.82) is 0 Å². The summed E-state index contributed by atoms with van der Waals surface area (Å²) in [4.78, 5) is 19.8. The average Bonchev–Trinajstić information content (AvgIpc) is 2.89. The Labute approximate surface area is 146 Å². The highest BCUT2D eigenvalue weighted by Gasteiger charge is 2.03. The third-order valence-electron chi connectivity index (χ3n) is 3.14. The number of fused-ring (bicyclic) bond motifs is 1. The van der Waals surface area contributed by atoms with Crippen LogP contribution in [0.25, 0.3) is 11.0 Å². The van der Waals surface area contributed by atoms with Crippen LogP contribution in [0.1, 0.15) is 15.9 Å². The topological polar surface area (TPSA) is 45.8 Å². The zero-order valence-corrected chi connectivity index (χ0v) is 14.8. The molecule has 0 radical (unpaired) electrons. The Morgan fingerprint density at radius 3 is 2.77 bits per heavy atom. The van der Waals surface area contributed by atoms with E-state index in [2.05, 4.69) is 38.6 Å². The first-order chi connectivity index (χ1) is 10.6. The molecule has 0 spiro atoms. The number of rotatable bonds is 4. The zero-order chi connectivity index (χ0) is 15.5. The van der Waals surface area contributed by atoms with Crippen LogP contribution in [-0.2, 0) is 0 Å². The highest BCUT2D eigenvalue weighted by atomic mass is 127. The van der Waals surface area contributed by atoms with Crippen LogP contribution < -0.4 is 0 Å². The molecule has 1 heterocycles. The summed E-state index contributed by atoms with van der Waals surface area (Å²) in [6.07, 6.45) is 1.57. The molecule has 3 aromatic rings. The molecule has 1 aromatic heterocycles. The molecule has 2 aromatic carbocycles. The number of carbonyl (C=O) groups excluding carboxylic acids is 1. The number of imidazole rings is 1. The van der Waals surface area contributed by atoms with Crippen molar-refractivity contribution < 1.29 is 4.79 Å². The number of thioether (sulfide) groups is 1. The van der Waals surface area contributed by atoms with E-state index in [1.54, 1.807) is 11.5 Å². The Hall–Kier alpha value is -1.60. The van der Waals surface area contributed by atoms with Crippen molar-refractivity contribution in [3.05, 3.63) is 68.6 Å². The lowest BCUT2D eigenvalue weighted by Gasteiger charge is -1.95. The van der Waals surface area contributed by atoms with E-state index in [0.29, 0.717) is 5.56 Å². The molecular formula is C17H13IN2OS. The summed E-state index contributed by atoms with van der Waals surface area (Å²) >= 11 is 3.63. The maximum atomic E-state index is 12.0. The Kier molecular flexibility index (Phi) is 4.63. The van der Waals surface area contributed by atoms with E-state index < -0.39 is 0 Å². The van der Waals surface area contributed by atoms with Gasteiger partial charge in [-0.05, 0) is 70.8 Å². The van der Waals surface area contributed by atoms with Gasteiger partial charge in [0.1, 0.15) is 0 Å². The number of hydrogen-bond donors (Lipinski definition) is 1. The van der Waals surface area contributed by atoms with E-state index >= 15 is 0 Å². The number of aromatic amines is 1. The monoisotopic (exact) mass is 420 g/mol. The molecule has 0 aliphatic heterocycles. The lowest BCUT2D eigenvalue weighted by Crippen LogP contribution is -1.93. The van der Waals surface area contributed by atoms with Crippen LogP contribution in [0.4, 0.5) is 0 Å². The van der Waals surface area contributed by atoms with E-state index in [1.165, 1.54) is 17.3 Å². The molecule has 3 nitrogen and oxygen atoms in total. The largest absolute Gasteiger partial charge is 0.333 e. The molecule has 0 aliphatic carbocycles. The van der Waals surface area contributed by atoms with Gasteiger partial charge in [0.2, 0.25) is 0 Å². The van der Waals surface area contributed by atoms with E-state index in [4.69, 9.17) is 0 Å². The fourth-order valence-electron chi connectivity index (χ4n) is 2.03. The number of H-pyrrole nitrogens is 1. The van der Waals surface area contributed by atoms with Gasteiger partial charge in [-0.3, -0.25) is 4.79 Å². The van der Waals surface area contributed by atoms with Gasteiger partial charge < -0.3 is 4.98 Å². The molecule has 3 rings (SSSR count). The first kappa shape index (κ1) is 15.3. The Bertz CT molecular complexity index is 853. The second-order valence-corrected chi connectivity index (χ2v) is 6.99. The molecule has 0 aliphatic rings. The molecule has 0 saturated carbocycles. The van der Waals surface area contributed by atoms with Crippen molar-refractivity contribution in [2.45, 2.75) is 12.1 Å². The minimum absolute atomic E-state index is 0.00384. The van der Waals surface area contributed by atoms with Gasteiger partial charge >= 0.3 is 0 Å². The summed E-state index contributed by atoms with van der Waals surface area (Å²) in [5.41, 5.74) is 3.83. The summed E-state index contributed by atoms with van der Waals surface area (Å²) in [5.74, 6) is -0.00384. The van der Waals surface area contributed by atoms with E-state index in [0.717, 1.165) is 19.8 Å². The van der Waals surface area contributed by atoms with Crippen LogP contribution >= 0.6 is 34.4 Å². The molecule has 0 fully saturated rings. The lowest BCUT2D eigenvalue weighted by atomic mass is 10.1. The first-order valence-corrected chi connectivity index (χ1v) is 8.67. The van der Waals surface area contributed by atoms with Gasteiger partial charge in [0, 0.05) is 9.13 Å². The van der Waals surface area contributed by atoms with Crippen LogP contribution in [0.3, 0.4) is 0 Å². The van der Waals surface area contributed by atoms with Crippen LogP contribution in [0.2, 0.25) is 0 Å². The number of carbonyl (C=O) groups is 1. The summed E-state index contributed by atoms with van der Waals surface area (Å²) in [6, 6.07) is 13.6. The molecule has 0 atom stereocenters. The maximum Gasteiger partial charge on any atom is 0.186 e. The average molecular weight is 420 g/mol. The molecule has 22 heavy (non-hydrogen) atoms. The Morgan fingerprint density at radius 1 is 1.23 bits per heavy atom. The second kappa shape index (κ2) is 6.66. The number of nitrogens with zero attached hydrogens (tertiary/aromatic N) is 1. The zero-order valence-electron chi connectivity index (χ0n) is 11.8. The van der Waals surface area contributed by atoms with Gasteiger partial charge in [-0.2, -0.15) is 0 Å². The Balaban J connectivity index is 1.70. The molecule has 1 N–H and O–H groups in total. The van der Waals surface area contributed by atoms with Crippen LogP contribution in [0.5, 0.6) is 0 Å². The normalized spacial score (nSPS) is 11.4. The van der Waals surface area contributed by atoms with Crippen molar-refractivity contribution in [3.8, 4) is 0 Å². The van der Waals surface area contributed by atoms with Gasteiger partial charge in [0.05, 0.1) is 11.0 Å². The molecule has 0 saturated heterocycles. The molecular weight excluding hydrogens is 407 g/mol. The van der Waals surface area contributed by atoms with Crippen LogP contribution in [-0.4, -0.2) is 15.8 Å². The maximum absolute atomic E-state index is 12.0. The van der Waals surface area contributed by atoms with E-state index in [-0.39, 0.29) is 5.78 Å². The highest BCUT2D eigenvalue weighted by molar-refractivity contribution is 14.1. The molecule has 5 heteroatoms. The fraction of sp³-hybridized carbons (Fsp3) is 0.0588. The minimum Gasteiger partial charge on any atom is -0.333 e. The lowest BCUT2D eigenvalue weighted by molar-refractivity contribution is 0.104. The molecule has 0 bridgehead atoms. The predicted octanol–water partition coefficient (Wildman–Crippen LogP) is 4.96. The predicted molar refractivity (Wildman–Crippen MR) is 99.3 cm³/mol. The van der Waals surface area contributed by atoms with Gasteiger partial charge in [-0.25, -0.2) is 4.98 Å². The van der Waals surface area contributed by atoms with Crippen LogP contribution in [0, 0.1) is 10.5 Å². The van der Waals surface area contributed by atoms with Crippen molar-refractivity contribution in [1.82, 2.24) is 9.97 Å². The van der Waals surface area contributed by atoms with E-state index in [1.807, 2.05) is 43.3 Å². The van der Waals surface area contributed by atoms with Gasteiger partial charge in [-0.1, -0.05) is 30.0 Å². The van der Waals surface area contributed by atoms with Crippen molar-refractivity contribution >= 4 is 51.2 Å². The quantitative estimate of drug-likeness (QED) is 0.281. The number of hydrogen-bond acceptors (Lipinski definition) is 3. The summed E-state index contributed by atoms with van der Waals surface area (Å²) < 4.78 is 1.12. The number of allylic oxidation sites excluding steroid dienone is 1. The molecule has 0 unspecified atom stereocenters. The SMILES string of the molecule is Cc1ccc2nc(S/C=C/C(=O)c3ccc(I)cc3)[nH]c2c1. The van der Waals surface area contributed by atoms with Gasteiger partial charge in [-0.15, -0.1) is 0 Å². The number of benzene rings is 2. The standard InChI is InChI=1S/C17H13IN2OS/c1-11-2-7-14-15(10-11)20-17(19-14)22-9-8-16(21)12-3-5-13(18)6-4-12/h2-10H,1H3,(H,19,20)/b9-8+. The third-order valence-corrected chi connectivity index (χ3v) is 4.55. The molecule has 110 valence electrons. The number of nitrogens with one attached hydrogen (secondary N) is 1. The van der Waals surface area contributed by atoms with Gasteiger partial charge in [0.15, 0.2) is 10.9 Å². The van der Waals surface area contributed by atoms with Crippen LogP contribution in [0.15, 0.2) is 59.1 Å². The smallest absolute Gasteiger partial charge is 0.186 e. The minimum atomic E-state index is -0.00384. The highest BCUT2D eigenvalue weighted by Crippen LogP contribution is 2.21. The number of aryl methyl sites for hydroxylation is 1. The molecule has 0 amide bonds. The van der Waals surface area contributed by atoms with Crippen molar-refractivity contribution in [2.24, 2.45) is 0 Å². The first-order valence-electron chi connectivity index (χ1n) is 6.71. The van der Waals surface area contributed by atoms with Crippen molar-refractivity contribution in [3.63, 3.8) is 0 Å². The Morgan fingerprint density at radius 2 is 2.00 bits per heavy atom. The second-order valence-electron chi connectivity index (χ2n) is 4.85. The van der Waals surface area contributed by atoms with E-state index in [9.17, 15) is 4.79 Å². The summed E-state index contributed by atoms with van der Waals surface area (Å²) in [7, 11) is 0.